The molecule has 5 heteroatoms. The summed E-state index contributed by atoms with van der Waals surface area (Å²) < 4.78 is 0. The summed E-state index contributed by atoms with van der Waals surface area (Å²) in [5.41, 5.74) is 1.28. The van der Waals surface area contributed by atoms with Crippen LogP contribution in [0.3, 0.4) is 0 Å². The normalized spacial score (nSPS) is 29.7. The molecule has 0 spiro atoms. The van der Waals surface area contributed by atoms with E-state index in [4.69, 9.17) is 0 Å². The van der Waals surface area contributed by atoms with Crippen LogP contribution in [0.15, 0.2) is 12.4 Å². The van der Waals surface area contributed by atoms with Crippen molar-refractivity contribution in [2.75, 3.05) is 37.6 Å². The molecule has 1 aromatic heterocycles. The van der Waals surface area contributed by atoms with Crippen LogP contribution in [0.25, 0.3) is 0 Å². The molecule has 5 nitrogen and oxygen atoms in total. The van der Waals surface area contributed by atoms with E-state index in [1.807, 2.05) is 12.4 Å². The number of nitrogens with one attached hydrogen (secondary N) is 1. The van der Waals surface area contributed by atoms with E-state index in [0.29, 0.717) is 12.1 Å². The van der Waals surface area contributed by atoms with E-state index < -0.39 is 0 Å². The number of piperazine rings is 1. The first kappa shape index (κ1) is 13.5. The minimum Gasteiger partial charge on any atom is -0.332 e. The Morgan fingerprint density at radius 2 is 1.81 bits per heavy atom. The Morgan fingerprint density at radius 3 is 2.33 bits per heavy atom. The summed E-state index contributed by atoms with van der Waals surface area (Å²) in [6, 6.07) is 1.23. The van der Waals surface area contributed by atoms with Crippen molar-refractivity contribution in [2.45, 2.75) is 38.3 Å². The van der Waals surface area contributed by atoms with Gasteiger partial charge < -0.3 is 10.2 Å². The summed E-state index contributed by atoms with van der Waals surface area (Å²) in [6.45, 7) is 8.05. The first-order chi connectivity index (χ1) is 10.3. The summed E-state index contributed by atoms with van der Waals surface area (Å²) in [6.07, 6.45) is 7.79. The quantitative estimate of drug-likeness (QED) is 0.892. The molecule has 1 aromatic rings. The lowest BCUT2D eigenvalue weighted by molar-refractivity contribution is 0.228. The fraction of sp³-hybridized carbons (Fsp3) is 0.750. The number of likely N-dealkylation sites (N-methyl/N-ethyl adjacent to an activating group) is 1. The highest BCUT2D eigenvalue weighted by Gasteiger charge is 2.40. The van der Waals surface area contributed by atoms with Gasteiger partial charge in [-0.1, -0.05) is 6.92 Å². The van der Waals surface area contributed by atoms with Crippen molar-refractivity contribution in [3.63, 3.8) is 0 Å². The zero-order valence-electron chi connectivity index (χ0n) is 12.8. The van der Waals surface area contributed by atoms with E-state index in [-0.39, 0.29) is 0 Å². The third-order valence-corrected chi connectivity index (χ3v) is 5.32. The van der Waals surface area contributed by atoms with Gasteiger partial charge in [0.2, 0.25) is 5.95 Å². The molecule has 2 atom stereocenters. The molecule has 0 aromatic carbocycles. The Balaban J connectivity index is 1.46. The monoisotopic (exact) mass is 287 g/mol. The van der Waals surface area contributed by atoms with Crippen LogP contribution in [0, 0.1) is 5.92 Å². The van der Waals surface area contributed by atoms with Gasteiger partial charge in [0.1, 0.15) is 0 Å². The second-order valence-electron chi connectivity index (χ2n) is 6.76. The van der Waals surface area contributed by atoms with Gasteiger partial charge in [-0.25, -0.2) is 9.97 Å². The number of hydrogen-bond donors (Lipinski definition) is 1. The largest absolute Gasteiger partial charge is 0.332 e. The van der Waals surface area contributed by atoms with Crippen molar-refractivity contribution in [1.82, 2.24) is 20.2 Å². The average Bonchev–Trinajstić information content (AvgIpc) is 2.74. The van der Waals surface area contributed by atoms with Gasteiger partial charge in [-0.3, -0.25) is 4.90 Å². The first-order valence-corrected chi connectivity index (χ1v) is 8.36. The number of anilines is 1. The summed E-state index contributed by atoms with van der Waals surface area (Å²) >= 11 is 0. The highest BCUT2D eigenvalue weighted by Crippen LogP contribution is 2.32. The van der Waals surface area contributed by atoms with Crippen LogP contribution in [0.5, 0.6) is 0 Å². The van der Waals surface area contributed by atoms with Crippen molar-refractivity contribution in [2.24, 2.45) is 5.92 Å². The molecule has 0 radical (unpaired) electrons. The highest BCUT2D eigenvalue weighted by molar-refractivity contribution is 5.37. The van der Waals surface area contributed by atoms with Crippen molar-refractivity contribution >= 4 is 5.95 Å². The van der Waals surface area contributed by atoms with Crippen LogP contribution in [-0.2, 0) is 6.42 Å². The third-order valence-electron chi connectivity index (χ3n) is 5.32. The Kier molecular flexibility index (Phi) is 3.55. The zero-order chi connectivity index (χ0) is 14.2. The minimum absolute atomic E-state index is 0.616. The molecule has 0 amide bonds. The van der Waals surface area contributed by atoms with Gasteiger partial charge in [0.25, 0.3) is 0 Å². The lowest BCUT2D eigenvalue weighted by atomic mass is 9.96. The van der Waals surface area contributed by atoms with Crippen molar-refractivity contribution < 1.29 is 0 Å². The molecule has 21 heavy (non-hydrogen) atoms. The van der Waals surface area contributed by atoms with Gasteiger partial charge >= 0.3 is 0 Å². The van der Waals surface area contributed by atoms with Crippen molar-refractivity contribution in [3.05, 3.63) is 18.0 Å². The van der Waals surface area contributed by atoms with Crippen LogP contribution < -0.4 is 10.2 Å². The molecule has 0 saturated carbocycles. The second-order valence-corrected chi connectivity index (χ2v) is 6.76. The van der Waals surface area contributed by atoms with Crippen LogP contribution >= 0.6 is 0 Å². The number of fused-ring (bicyclic) bond motifs is 2. The first-order valence-electron chi connectivity index (χ1n) is 8.36. The molecule has 0 aliphatic carbocycles. The lowest BCUT2D eigenvalue weighted by Crippen LogP contribution is -2.54. The SMILES string of the molecule is CCN1CC2CCC(C1)N2c1ncc(CC2CNC2)cn1. The maximum absolute atomic E-state index is 4.68. The van der Waals surface area contributed by atoms with Gasteiger partial charge in [-0.05, 0) is 50.4 Å². The van der Waals surface area contributed by atoms with Crippen LogP contribution in [-0.4, -0.2) is 59.7 Å². The van der Waals surface area contributed by atoms with Gasteiger partial charge in [0.05, 0.1) is 0 Å². The molecule has 4 rings (SSSR count). The Hall–Kier alpha value is -1.20. The number of aromatic nitrogens is 2. The van der Waals surface area contributed by atoms with Gasteiger partial charge in [0.15, 0.2) is 0 Å². The van der Waals surface area contributed by atoms with Crippen LogP contribution in [0.4, 0.5) is 5.95 Å². The predicted molar refractivity (Wildman–Crippen MR) is 83.5 cm³/mol. The van der Waals surface area contributed by atoms with Gasteiger partial charge in [-0.15, -0.1) is 0 Å². The van der Waals surface area contributed by atoms with Gasteiger partial charge in [-0.2, -0.15) is 0 Å². The number of rotatable bonds is 4. The molecule has 3 aliphatic rings. The second kappa shape index (κ2) is 5.54. The molecule has 2 bridgehead atoms. The smallest absolute Gasteiger partial charge is 0.225 e. The highest BCUT2D eigenvalue weighted by atomic mass is 15.4. The van der Waals surface area contributed by atoms with E-state index in [9.17, 15) is 0 Å². The zero-order valence-corrected chi connectivity index (χ0v) is 12.8. The van der Waals surface area contributed by atoms with Crippen LogP contribution in [0.2, 0.25) is 0 Å². The summed E-state index contributed by atoms with van der Waals surface area (Å²) in [7, 11) is 0. The van der Waals surface area contributed by atoms with Crippen molar-refractivity contribution in [1.29, 1.82) is 0 Å². The molecule has 3 aliphatic heterocycles. The predicted octanol–water partition coefficient (Wildman–Crippen LogP) is 0.911. The standard InChI is InChI=1S/C16H25N5/c1-2-20-10-14-3-4-15(11-20)21(14)16-18-8-13(9-19-16)5-12-6-17-7-12/h8-9,12,14-15,17H,2-7,10-11H2,1H3. The summed E-state index contributed by atoms with van der Waals surface area (Å²) in [5.74, 6) is 1.73. The van der Waals surface area contributed by atoms with E-state index in [0.717, 1.165) is 37.9 Å². The van der Waals surface area contributed by atoms with Gasteiger partial charge in [0, 0.05) is 37.6 Å². The Bertz CT molecular complexity index is 470. The molecule has 1 N–H and O–H groups in total. The molecule has 3 saturated heterocycles. The maximum atomic E-state index is 4.68. The average molecular weight is 287 g/mol. The fourth-order valence-electron chi connectivity index (χ4n) is 3.99. The van der Waals surface area contributed by atoms with E-state index >= 15 is 0 Å². The molecule has 114 valence electrons. The van der Waals surface area contributed by atoms with E-state index in [2.05, 4.69) is 32.0 Å². The molecular weight excluding hydrogens is 262 g/mol. The number of nitrogens with zero attached hydrogens (tertiary/aromatic N) is 4. The maximum Gasteiger partial charge on any atom is 0.225 e. The molecule has 3 fully saturated rings. The Labute approximate surface area is 126 Å². The lowest BCUT2D eigenvalue weighted by Gasteiger charge is -2.40. The topological polar surface area (TPSA) is 44.3 Å². The van der Waals surface area contributed by atoms with E-state index in [1.165, 1.54) is 31.5 Å². The van der Waals surface area contributed by atoms with E-state index in [1.54, 1.807) is 0 Å². The number of hydrogen-bond acceptors (Lipinski definition) is 5. The number of likely N-dealkylation sites (tertiary alicyclic amines) is 1. The molecular formula is C16H25N5. The molecule has 4 heterocycles. The Morgan fingerprint density at radius 1 is 1.14 bits per heavy atom. The summed E-state index contributed by atoms with van der Waals surface area (Å²) in [5, 5.41) is 3.32. The van der Waals surface area contributed by atoms with Crippen molar-refractivity contribution in [3.8, 4) is 0 Å². The summed E-state index contributed by atoms with van der Waals surface area (Å²) in [4.78, 5) is 14.4. The fourth-order valence-corrected chi connectivity index (χ4v) is 3.99. The van der Waals surface area contributed by atoms with Crippen LogP contribution in [0.1, 0.15) is 25.3 Å². The third kappa shape index (κ3) is 2.53. The molecule has 2 unspecified atom stereocenters. The minimum atomic E-state index is 0.616.